The molecule has 1 aromatic heterocycles. The molecule has 0 radical (unpaired) electrons. The molecule has 2 fully saturated rings. The number of carboxylic acid groups (broad SMARTS) is 1. The van der Waals surface area contributed by atoms with Crippen LogP contribution in [0.1, 0.15) is 68.3 Å². The van der Waals surface area contributed by atoms with Gasteiger partial charge in [-0.15, -0.1) is 0 Å². The fourth-order valence-corrected chi connectivity index (χ4v) is 5.62. The van der Waals surface area contributed by atoms with E-state index in [1.807, 2.05) is 17.0 Å². The molecule has 216 valence electrons. The van der Waals surface area contributed by atoms with Crippen LogP contribution in [0.4, 0.5) is 10.6 Å². The molecule has 42 heavy (non-hydrogen) atoms. The Morgan fingerprint density at radius 2 is 1.76 bits per heavy atom. The van der Waals surface area contributed by atoms with Gasteiger partial charge in [0.05, 0.1) is 11.3 Å². The lowest BCUT2D eigenvalue weighted by atomic mass is 10.0. The van der Waals surface area contributed by atoms with E-state index in [2.05, 4.69) is 11.2 Å². The zero-order valence-electron chi connectivity index (χ0n) is 23.3. The number of benzene rings is 2. The van der Waals surface area contributed by atoms with Crippen molar-refractivity contribution in [3.63, 3.8) is 0 Å². The molecule has 0 saturated carbocycles. The van der Waals surface area contributed by atoms with Gasteiger partial charge in [-0.2, -0.15) is 15.0 Å². The first-order chi connectivity index (χ1) is 20.2. The second kappa shape index (κ2) is 11.7. The van der Waals surface area contributed by atoms with Crippen LogP contribution >= 0.6 is 0 Å². The predicted molar refractivity (Wildman–Crippen MR) is 155 cm³/mol. The maximum atomic E-state index is 13.8. The van der Waals surface area contributed by atoms with Gasteiger partial charge in [0.25, 0.3) is 5.91 Å². The molecule has 2 aromatic carbocycles. The van der Waals surface area contributed by atoms with Crippen LogP contribution in [-0.2, 0) is 6.54 Å². The number of rotatable bonds is 7. The van der Waals surface area contributed by atoms with Crippen molar-refractivity contribution in [1.29, 1.82) is 10.7 Å². The first kappa shape index (κ1) is 28.4. The lowest BCUT2D eigenvalue weighted by Gasteiger charge is -2.23. The average Bonchev–Trinajstić information content (AvgIpc) is 3.76. The van der Waals surface area contributed by atoms with Gasteiger partial charge in [-0.25, -0.2) is 9.59 Å². The van der Waals surface area contributed by atoms with Gasteiger partial charge in [-0.1, -0.05) is 30.3 Å². The van der Waals surface area contributed by atoms with Gasteiger partial charge >= 0.3 is 12.0 Å². The average molecular weight is 569 g/mol. The molecule has 2 aliphatic heterocycles. The van der Waals surface area contributed by atoms with Gasteiger partial charge in [-0.05, 0) is 43.0 Å². The lowest BCUT2D eigenvalue weighted by molar-refractivity contribution is 0.0696. The summed E-state index contributed by atoms with van der Waals surface area (Å²) in [6, 6.07) is 15.0. The minimum Gasteiger partial charge on any atom is -0.478 e. The smallest absolute Gasteiger partial charge is 0.335 e. The van der Waals surface area contributed by atoms with Crippen molar-refractivity contribution < 1.29 is 19.5 Å². The number of nitriles is 1. The lowest BCUT2D eigenvalue weighted by Crippen LogP contribution is -2.40. The summed E-state index contributed by atoms with van der Waals surface area (Å²) in [4.78, 5) is 43.8. The van der Waals surface area contributed by atoms with Crippen LogP contribution in [0, 0.1) is 16.7 Å². The zero-order valence-corrected chi connectivity index (χ0v) is 23.3. The number of urea groups is 1. The van der Waals surface area contributed by atoms with Crippen molar-refractivity contribution in [2.75, 3.05) is 38.1 Å². The van der Waals surface area contributed by atoms with Crippen LogP contribution in [0.2, 0.25) is 0 Å². The fourth-order valence-electron chi connectivity index (χ4n) is 5.62. The number of hydrogen-bond acceptors (Lipinski definition) is 7. The quantitative estimate of drug-likeness (QED) is 0.288. The van der Waals surface area contributed by atoms with Crippen LogP contribution in [0.25, 0.3) is 0 Å². The summed E-state index contributed by atoms with van der Waals surface area (Å²) < 4.78 is 1.17. The largest absolute Gasteiger partial charge is 0.478 e. The third kappa shape index (κ3) is 5.54. The van der Waals surface area contributed by atoms with Crippen molar-refractivity contribution in [2.24, 2.45) is 5.73 Å². The maximum Gasteiger partial charge on any atom is 0.335 e. The second-order valence-corrected chi connectivity index (χ2v) is 10.7. The molecule has 12 heteroatoms. The fraction of sp³-hybridized carbons (Fsp3) is 0.333. The number of nitrogens with two attached hydrogens (primary N) is 1. The molecule has 3 aromatic rings. The number of aromatic carboxylic acids is 1. The van der Waals surface area contributed by atoms with Crippen LogP contribution in [0.3, 0.4) is 0 Å². The van der Waals surface area contributed by atoms with E-state index in [-0.39, 0.29) is 40.3 Å². The third-order valence-corrected chi connectivity index (χ3v) is 7.82. The molecule has 0 spiro atoms. The van der Waals surface area contributed by atoms with Crippen molar-refractivity contribution in [3.8, 4) is 6.07 Å². The van der Waals surface area contributed by atoms with Crippen molar-refractivity contribution in [3.05, 3.63) is 82.0 Å². The number of aromatic nitrogens is 2. The van der Waals surface area contributed by atoms with E-state index < -0.39 is 11.9 Å². The van der Waals surface area contributed by atoms with E-state index in [0.29, 0.717) is 37.3 Å². The minimum atomic E-state index is -1.16. The number of anilines is 1. The number of carbonyl (C=O) groups excluding carboxylic acids is 2. The Morgan fingerprint density at radius 3 is 2.40 bits per heavy atom. The number of likely N-dealkylation sites (tertiary alicyclic amines) is 2. The number of carbonyl (C=O) groups is 3. The Morgan fingerprint density at radius 1 is 1.07 bits per heavy atom. The molecule has 2 amide bonds. The Hall–Kier alpha value is -5.18. The number of amides is 2. The molecule has 2 saturated heterocycles. The van der Waals surface area contributed by atoms with E-state index >= 15 is 0 Å². The van der Waals surface area contributed by atoms with E-state index in [9.17, 15) is 24.8 Å². The standard InChI is InChI=1S/C30H32N8O4/c1-35(17-19-7-9-20(10-8-19)26(32)33)27-24(16-31)25(23-11-14-37(18-23)30(42)36-12-2-3-13-36)34-38(27)28(39)21-5-4-6-22(15-21)29(40)41/h4-10,15,23H,2-3,11-14,17-18H2,1H3,(H3,32,33)(H,40,41). The Labute approximate surface area is 243 Å². The van der Waals surface area contributed by atoms with E-state index in [1.165, 1.54) is 28.9 Å². The normalized spacial score (nSPS) is 16.3. The zero-order chi connectivity index (χ0) is 30.0. The van der Waals surface area contributed by atoms with Gasteiger partial charge in [0, 0.05) is 56.8 Å². The van der Waals surface area contributed by atoms with Gasteiger partial charge in [0.1, 0.15) is 17.5 Å². The second-order valence-electron chi connectivity index (χ2n) is 10.7. The highest BCUT2D eigenvalue weighted by Gasteiger charge is 2.36. The predicted octanol–water partition coefficient (Wildman–Crippen LogP) is 3.07. The summed E-state index contributed by atoms with van der Waals surface area (Å²) in [7, 11) is 1.75. The molecular formula is C30H32N8O4. The first-order valence-electron chi connectivity index (χ1n) is 13.8. The summed E-state index contributed by atoms with van der Waals surface area (Å²) >= 11 is 0. The molecule has 0 aliphatic carbocycles. The van der Waals surface area contributed by atoms with E-state index in [4.69, 9.17) is 11.1 Å². The minimum absolute atomic E-state index is 0.0131. The Bertz CT molecular complexity index is 1580. The van der Waals surface area contributed by atoms with Gasteiger partial charge in [0.2, 0.25) is 0 Å². The molecule has 4 N–H and O–H groups in total. The molecule has 2 aliphatic rings. The summed E-state index contributed by atoms with van der Waals surface area (Å²) in [5, 5.41) is 32.1. The van der Waals surface area contributed by atoms with Crippen LogP contribution in [-0.4, -0.2) is 81.7 Å². The van der Waals surface area contributed by atoms with Gasteiger partial charge in [0.15, 0.2) is 5.82 Å². The molecule has 0 bridgehead atoms. The van der Waals surface area contributed by atoms with Crippen molar-refractivity contribution >= 4 is 29.6 Å². The van der Waals surface area contributed by atoms with Crippen molar-refractivity contribution in [1.82, 2.24) is 19.6 Å². The summed E-state index contributed by atoms with van der Waals surface area (Å²) in [5.74, 6) is -1.75. The third-order valence-electron chi connectivity index (χ3n) is 7.82. The number of carboxylic acids is 1. The molecule has 5 rings (SSSR count). The molecule has 12 nitrogen and oxygen atoms in total. The number of nitrogens with zero attached hydrogens (tertiary/aromatic N) is 6. The highest BCUT2D eigenvalue weighted by Crippen LogP contribution is 2.35. The van der Waals surface area contributed by atoms with Gasteiger partial charge < -0.3 is 25.5 Å². The van der Waals surface area contributed by atoms with Crippen LogP contribution in [0.5, 0.6) is 0 Å². The topological polar surface area (TPSA) is 173 Å². The number of amidine groups is 1. The SMILES string of the molecule is CN(Cc1ccc(C(=N)N)cc1)c1c(C#N)c(C2CCN(C(=O)N3CCCC3)C2)nn1C(=O)c1cccc(C(=O)O)c1. The van der Waals surface area contributed by atoms with E-state index in [1.54, 1.807) is 29.0 Å². The molecule has 1 atom stereocenters. The Balaban J connectivity index is 1.51. The van der Waals surface area contributed by atoms with Crippen LogP contribution < -0.4 is 10.6 Å². The number of nitrogens with one attached hydrogen (secondary N) is 1. The monoisotopic (exact) mass is 568 g/mol. The van der Waals surface area contributed by atoms with Crippen LogP contribution in [0.15, 0.2) is 48.5 Å². The first-order valence-corrected chi connectivity index (χ1v) is 13.8. The number of nitrogen functional groups attached to an aromatic ring is 1. The van der Waals surface area contributed by atoms with E-state index in [0.717, 1.165) is 31.5 Å². The number of hydrogen-bond donors (Lipinski definition) is 3. The summed E-state index contributed by atoms with van der Waals surface area (Å²) in [5.41, 5.74) is 7.76. The summed E-state index contributed by atoms with van der Waals surface area (Å²) in [6.45, 7) is 2.71. The summed E-state index contributed by atoms with van der Waals surface area (Å²) in [6.07, 6.45) is 2.58. The highest BCUT2D eigenvalue weighted by atomic mass is 16.4. The van der Waals surface area contributed by atoms with Crippen molar-refractivity contribution in [2.45, 2.75) is 31.7 Å². The molecule has 3 heterocycles. The van der Waals surface area contributed by atoms with Gasteiger partial charge in [-0.3, -0.25) is 10.2 Å². The molecule has 1 unspecified atom stereocenters. The Kier molecular flexibility index (Phi) is 7.93. The highest BCUT2D eigenvalue weighted by molar-refractivity contribution is 6.00. The molecular weight excluding hydrogens is 536 g/mol. The maximum absolute atomic E-state index is 13.8.